The van der Waals surface area contributed by atoms with Gasteiger partial charge in [-0.25, -0.2) is 28.7 Å². The summed E-state index contributed by atoms with van der Waals surface area (Å²) in [7, 11) is 0. The van der Waals surface area contributed by atoms with E-state index in [0.717, 1.165) is 23.6 Å². The molecule has 0 spiro atoms. The van der Waals surface area contributed by atoms with Gasteiger partial charge in [-0.15, -0.1) is 18.3 Å². The number of hydroxylamine groups is 1. The Morgan fingerprint density at radius 3 is 2.39 bits per heavy atom. The average Bonchev–Trinajstić information content (AvgIpc) is 3.62. The maximum absolute atomic E-state index is 14.3. The normalized spacial score (nSPS) is 15.3. The first-order valence-electron chi connectivity index (χ1n) is 13.5. The van der Waals surface area contributed by atoms with Crippen molar-refractivity contribution >= 4 is 34.6 Å². The zero-order chi connectivity index (χ0) is 33.2. The molecule has 5 rings (SSSR count). The zero-order valence-corrected chi connectivity index (χ0v) is 25.2. The monoisotopic (exact) mass is 660 g/mol. The number of hydrogen-bond acceptors (Lipinski definition) is 7. The minimum Gasteiger partial charge on any atom is -0.406 e. The third-order valence-corrected chi connectivity index (χ3v) is 7.54. The quantitative estimate of drug-likeness (QED) is 0.159. The van der Waals surface area contributed by atoms with E-state index in [0.29, 0.717) is 28.2 Å². The molecule has 1 aliphatic rings. The Labute approximate surface area is 263 Å². The number of carbonyl (C=O) groups is 2. The van der Waals surface area contributed by atoms with Crippen molar-refractivity contribution in [2.45, 2.75) is 39.2 Å². The Morgan fingerprint density at radius 1 is 1.04 bits per heavy atom. The van der Waals surface area contributed by atoms with Gasteiger partial charge in [0.2, 0.25) is 5.91 Å². The van der Waals surface area contributed by atoms with Gasteiger partial charge in [0.15, 0.2) is 11.0 Å². The summed E-state index contributed by atoms with van der Waals surface area (Å²) < 4.78 is 71.1. The van der Waals surface area contributed by atoms with Crippen LogP contribution in [0.15, 0.2) is 78.0 Å². The number of halogens is 5. The second-order valence-corrected chi connectivity index (χ2v) is 11.1. The van der Waals surface area contributed by atoms with Gasteiger partial charge in [0, 0.05) is 18.1 Å². The van der Waals surface area contributed by atoms with Gasteiger partial charge in [-0.2, -0.15) is 4.99 Å². The molecule has 0 bridgehead atoms. The second-order valence-electron chi connectivity index (χ2n) is 10.2. The first-order valence-corrected chi connectivity index (χ1v) is 14.5. The van der Waals surface area contributed by atoms with Gasteiger partial charge in [0.1, 0.15) is 18.2 Å². The minimum absolute atomic E-state index is 0.0452. The Balaban J connectivity index is 1.21. The molecule has 3 aromatic carbocycles. The Bertz CT molecular complexity index is 1770. The summed E-state index contributed by atoms with van der Waals surface area (Å²) in [5.74, 6) is -3.81. The molecule has 2 heterocycles. The molecule has 16 heteroatoms. The number of aromatic nitrogens is 3. The lowest BCUT2D eigenvalue weighted by Crippen LogP contribution is -2.33. The summed E-state index contributed by atoms with van der Waals surface area (Å²) in [6.07, 6.45) is -4.02. The maximum atomic E-state index is 14.3. The van der Waals surface area contributed by atoms with E-state index in [4.69, 9.17) is 4.84 Å². The van der Waals surface area contributed by atoms with Gasteiger partial charge >= 0.3 is 12.4 Å². The highest BCUT2D eigenvalue weighted by Crippen LogP contribution is 2.38. The fourth-order valence-corrected chi connectivity index (χ4v) is 5.28. The van der Waals surface area contributed by atoms with E-state index in [1.165, 1.54) is 53.5 Å². The Morgan fingerprint density at radius 2 is 1.74 bits per heavy atom. The largest absolute Gasteiger partial charge is 0.573 e. The molecule has 1 aromatic heterocycles. The molecule has 1 fully saturated rings. The first-order chi connectivity index (χ1) is 21.7. The number of rotatable bonds is 8. The molecule has 46 heavy (non-hydrogen) atoms. The van der Waals surface area contributed by atoms with Crippen molar-refractivity contribution in [1.29, 1.82) is 0 Å². The first kappa shape index (κ1) is 32.6. The number of anilines is 1. The molecule has 1 N–H and O–H groups in total. The summed E-state index contributed by atoms with van der Waals surface area (Å²) in [6, 6.07) is 15.3. The molecular formula is C30H25F5N6O4S. The summed E-state index contributed by atoms with van der Waals surface area (Å²) in [5.41, 5.74) is 4.22. The zero-order valence-electron chi connectivity index (χ0n) is 24.4. The summed E-state index contributed by atoms with van der Waals surface area (Å²) in [5, 5.41) is 4.30. The molecule has 1 saturated heterocycles. The van der Waals surface area contributed by atoms with Gasteiger partial charge < -0.3 is 4.74 Å². The highest BCUT2D eigenvalue weighted by Gasteiger charge is 2.37. The van der Waals surface area contributed by atoms with E-state index in [2.05, 4.69) is 25.3 Å². The molecular weight excluding hydrogens is 635 g/mol. The third-order valence-electron chi connectivity index (χ3n) is 6.62. The van der Waals surface area contributed by atoms with Crippen LogP contribution in [0.25, 0.3) is 17.1 Å². The number of thioether (sulfide) groups is 1. The SMILES string of the molecule is Cc1ccc(C(C)(F)F)c(N2C(=O)CS/C2=N\C(=O)NOC(C)c2ccc(-c3ncn(-c4ccc(OC(F)(F)F)cc4)n3)cc2)c1. The van der Waals surface area contributed by atoms with Crippen LogP contribution in [0.5, 0.6) is 5.75 Å². The summed E-state index contributed by atoms with van der Waals surface area (Å²) in [4.78, 5) is 39.9. The van der Waals surface area contributed by atoms with Crippen LogP contribution < -0.4 is 15.1 Å². The Kier molecular flexibility index (Phi) is 9.12. The molecule has 0 aliphatic carbocycles. The van der Waals surface area contributed by atoms with Crippen LogP contribution in [0.3, 0.4) is 0 Å². The number of alkyl halides is 5. The van der Waals surface area contributed by atoms with E-state index >= 15 is 0 Å². The highest BCUT2D eigenvalue weighted by molar-refractivity contribution is 8.15. The van der Waals surface area contributed by atoms with Crippen molar-refractivity contribution in [3.63, 3.8) is 0 Å². The molecule has 1 unspecified atom stereocenters. The van der Waals surface area contributed by atoms with Crippen LogP contribution in [-0.4, -0.2) is 44.0 Å². The number of amides is 3. The molecule has 0 radical (unpaired) electrons. The third kappa shape index (κ3) is 7.69. The van der Waals surface area contributed by atoms with Crippen LogP contribution in [0.2, 0.25) is 0 Å². The van der Waals surface area contributed by atoms with Gasteiger partial charge in [0.05, 0.1) is 17.1 Å². The maximum Gasteiger partial charge on any atom is 0.573 e. The van der Waals surface area contributed by atoms with Crippen molar-refractivity contribution in [1.82, 2.24) is 20.2 Å². The van der Waals surface area contributed by atoms with E-state index in [1.54, 1.807) is 38.1 Å². The lowest BCUT2D eigenvalue weighted by molar-refractivity contribution is -0.274. The van der Waals surface area contributed by atoms with Crippen LogP contribution in [0, 0.1) is 6.92 Å². The number of urea groups is 1. The number of carbonyl (C=O) groups excluding carboxylic acids is 2. The van der Waals surface area contributed by atoms with Gasteiger partial charge in [0.25, 0.3) is 5.92 Å². The molecule has 3 amide bonds. The Hall–Kier alpha value is -4.83. The number of amidine groups is 1. The van der Waals surface area contributed by atoms with Crippen molar-refractivity contribution in [3.05, 3.63) is 89.7 Å². The molecule has 1 atom stereocenters. The summed E-state index contributed by atoms with van der Waals surface area (Å²) >= 11 is 0.945. The number of benzene rings is 3. The number of nitrogens with zero attached hydrogens (tertiary/aromatic N) is 5. The number of aryl methyl sites for hydroxylation is 1. The van der Waals surface area contributed by atoms with Crippen molar-refractivity contribution in [2.75, 3.05) is 10.7 Å². The molecule has 4 aromatic rings. The minimum atomic E-state index is -4.79. The highest BCUT2D eigenvalue weighted by atomic mass is 32.2. The second kappa shape index (κ2) is 12.9. The van der Waals surface area contributed by atoms with Gasteiger partial charge in [-0.3, -0.25) is 14.5 Å². The van der Waals surface area contributed by atoms with Crippen molar-refractivity contribution in [2.24, 2.45) is 4.99 Å². The molecule has 0 saturated carbocycles. The number of nitrogens with one attached hydrogen (secondary N) is 1. The van der Waals surface area contributed by atoms with Crippen LogP contribution in [-0.2, 0) is 15.6 Å². The topological polar surface area (TPSA) is 111 Å². The van der Waals surface area contributed by atoms with E-state index in [1.807, 2.05) is 0 Å². The van der Waals surface area contributed by atoms with Crippen molar-refractivity contribution in [3.8, 4) is 22.8 Å². The van der Waals surface area contributed by atoms with E-state index < -0.39 is 30.3 Å². The van der Waals surface area contributed by atoms with Gasteiger partial charge in [-0.1, -0.05) is 48.2 Å². The van der Waals surface area contributed by atoms with E-state index in [9.17, 15) is 31.5 Å². The van der Waals surface area contributed by atoms with Crippen LogP contribution in [0.4, 0.5) is 32.4 Å². The fraction of sp³-hybridized carbons (Fsp3) is 0.233. The number of aliphatic imine (C=N–C) groups is 1. The summed E-state index contributed by atoms with van der Waals surface area (Å²) in [6.45, 7) is 4.10. The number of ether oxygens (including phenoxy) is 1. The average molecular weight is 661 g/mol. The van der Waals surface area contributed by atoms with Gasteiger partial charge in [-0.05, 0) is 55.3 Å². The molecule has 10 nitrogen and oxygen atoms in total. The number of hydrogen-bond donors (Lipinski definition) is 1. The smallest absolute Gasteiger partial charge is 0.406 e. The fourth-order valence-electron chi connectivity index (χ4n) is 4.42. The predicted octanol–water partition coefficient (Wildman–Crippen LogP) is 7.09. The molecule has 240 valence electrons. The lowest BCUT2D eigenvalue weighted by atomic mass is 10.0. The molecule has 1 aliphatic heterocycles. The van der Waals surface area contributed by atoms with Crippen LogP contribution in [0.1, 0.15) is 36.6 Å². The van der Waals surface area contributed by atoms with Crippen molar-refractivity contribution < 1.29 is 41.1 Å². The predicted molar refractivity (Wildman–Crippen MR) is 160 cm³/mol. The van der Waals surface area contributed by atoms with Crippen LogP contribution >= 0.6 is 11.8 Å². The van der Waals surface area contributed by atoms with E-state index in [-0.39, 0.29) is 27.9 Å². The lowest BCUT2D eigenvalue weighted by Gasteiger charge is -2.23. The standard InChI is InChI=1S/C30H25F5N6O4S/c1-17-4-13-23(29(3,31)32)24(14-17)41-25(42)15-46-28(41)37-27(43)39-45-18(2)19-5-7-20(8-6-19)26-36-16-40(38-26)21-9-11-22(12-10-21)44-30(33,34)35/h4-14,16,18H,15H2,1-3H3,(H,39,43)/b37-28-.